The normalized spacial score (nSPS) is 11.0. The van der Waals surface area contributed by atoms with E-state index in [4.69, 9.17) is 4.55 Å². The summed E-state index contributed by atoms with van der Waals surface area (Å²) in [5.41, 5.74) is 0.898. The highest BCUT2D eigenvalue weighted by atomic mass is 127. The molecule has 3 N–H and O–H groups in total. The monoisotopic (exact) mass is 418 g/mol. The molecule has 8 heteroatoms. The van der Waals surface area contributed by atoms with Crippen LogP contribution in [0.5, 0.6) is 0 Å². The minimum absolute atomic E-state index is 0.258. The number of hydrogen-bond acceptors (Lipinski definition) is 3. The lowest BCUT2D eigenvalue weighted by Crippen LogP contribution is -2.20. The molecule has 0 spiro atoms. The Kier molecular flexibility index (Phi) is 4.80. The predicted molar refractivity (Wildman–Crippen MR) is 88.1 cm³/mol. The summed E-state index contributed by atoms with van der Waals surface area (Å²) in [5, 5.41) is 5.15. The molecule has 0 aliphatic rings. The first-order valence-electron chi connectivity index (χ1n) is 5.76. The maximum atomic E-state index is 11.9. The highest BCUT2D eigenvalue weighted by molar-refractivity contribution is 14.1. The van der Waals surface area contributed by atoms with Crippen molar-refractivity contribution in [3.63, 3.8) is 0 Å². The van der Waals surface area contributed by atoms with Gasteiger partial charge in [-0.2, -0.15) is 8.42 Å². The maximum absolute atomic E-state index is 11.9. The van der Waals surface area contributed by atoms with Crippen molar-refractivity contribution in [2.24, 2.45) is 0 Å². The Labute approximate surface area is 135 Å². The third kappa shape index (κ3) is 4.41. The van der Waals surface area contributed by atoms with E-state index in [1.54, 1.807) is 12.1 Å². The molecule has 0 atom stereocenters. The van der Waals surface area contributed by atoms with E-state index in [1.807, 2.05) is 12.1 Å². The maximum Gasteiger partial charge on any atom is 0.323 e. The van der Waals surface area contributed by atoms with Gasteiger partial charge < -0.3 is 10.6 Å². The molecule has 0 saturated heterocycles. The van der Waals surface area contributed by atoms with Gasteiger partial charge in [-0.15, -0.1) is 0 Å². The Morgan fingerprint density at radius 3 is 2.43 bits per heavy atom. The third-order valence-electron chi connectivity index (χ3n) is 2.51. The molecular formula is C13H11IN2O4S. The van der Waals surface area contributed by atoms with E-state index in [9.17, 15) is 13.2 Å². The van der Waals surface area contributed by atoms with Crippen LogP contribution in [0, 0.1) is 3.57 Å². The molecule has 0 radical (unpaired) electrons. The molecule has 2 rings (SSSR count). The molecule has 0 unspecified atom stereocenters. The molecule has 0 bridgehead atoms. The number of halogens is 1. The molecule has 2 aromatic carbocycles. The lowest BCUT2D eigenvalue weighted by molar-refractivity contribution is 0.262. The number of rotatable bonds is 3. The summed E-state index contributed by atoms with van der Waals surface area (Å²) in [6.45, 7) is 0. The van der Waals surface area contributed by atoms with E-state index in [0.29, 0.717) is 5.69 Å². The smallest absolute Gasteiger partial charge is 0.308 e. The van der Waals surface area contributed by atoms with Gasteiger partial charge in [-0.25, -0.2) is 4.79 Å². The van der Waals surface area contributed by atoms with Gasteiger partial charge in [-0.1, -0.05) is 18.2 Å². The quantitative estimate of drug-likeness (QED) is 0.527. The standard InChI is InChI=1S/C13H11IN2O4S/c14-11-6-1-2-7-12(11)16-13(17)15-9-4-3-5-10(8-9)21(18,19)20/h1-8H,(H2,15,16,17)(H,18,19,20). The van der Waals surface area contributed by atoms with Gasteiger partial charge in [-0.05, 0) is 52.9 Å². The second-order valence-corrected chi connectivity index (χ2v) is 6.65. The topological polar surface area (TPSA) is 95.5 Å². The van der Waals surface area contributed by atoms with Crippen molar-refractivity contribution in [2.75, 3.05) is 10.6 Å². The number of amides is 2. The summed E-state index contributed by atoms with van der Waals surface area (Å²) in [6.07, 6.45) is 0. The van der Waals surface area contributed by atoms with Crippen molar-refractivity contribution in [1.29, 1.82) is 0 Å². The van der Waals surface area contributed by atoms with E-state index < -0.39 is 16.1 Å². The van der Waals surface area contributed by atoms with Gasteiger partial charge in [0.25, 0.3) is 10.1 Å². The number of nitrogens with one attached hydrogen (secondary N) is 2. The van der Waals surface area contributed by atoms with Gasteiger partial charge in [0, 0.05) is 9.26 Å². The Bertz CT molecular complexity index is 777. The summed E-state index contributed by atoms with van der Waals surface area (Å²) in [4.78, 5) is 11.6. The zero-order valence-electron chi connectivity index (χ0n) is 10.6. The first-order valence-corrected chi connectivity index (χ1v) is 8.28. The molecule has 0 aliphatic heterocycles. The van der Waals surface area contributed by atoms with Crippen LogP contribution in [0.2, 0.25) is 0 Å². The van der Waals surface area contributed by atoms with Crippen molar-refractivity contribution < 1.29 is 17.8 Å². The van der Waals surface area contributed by atoms with Crippen molar-refractivity contribution in [3.8, 4) is 0 Å². The Hall–Kier alpha value is -1.65. The van der Waals surface area contributed by atoms with Gasteiger partial charge in [0.15, 0.2) is 0 Å². The number of carbonyl (C=O) groups excluding carboxylic acids is 1. The van der Waals surface area contributed by atoms with Crippen molar-refractivity contribution >= 4 is 50.1 Å². The van der Waals surface area contributed by atoms with Crippen molar-refractivity contribution in [1.82, 2.24) is 0 Å². The fraction of sp³-hybridized carbons (Fsp3) is 0. The number of para-hydroxylation sites is 1. The number of carbonyl (C=O) groups is 1. The molecule has 2 amide bonds. The summed E-state index contributed by atoms with van der Waals surface area (Å²) in [7, 11) is -4.30. The second kappa shape index (κ2) is 6.41. The van der Waals surface area contributed by atoms with E-state index in [-0.39, 0.29) is 10.6 Å². The van der Waals surface area contributed by atoms with Crippen LogP contribution in [0.25, 0.3) is 0 Å². The fourth-order valence-electron chi connectivity index (χ4n) is 1.58. The fourth-order valence-corrected chi connectivity index (χ4v) is 2.63. The minimum atomic E-state index is -4.30. The SMILES string of the molecule is O=C(Nc1cccc(S(=O)(=O)O)c1)Nc1ccccc1I. The zero-order valence-corrected chi connectivity index (χ0v) is 13.6. The van der Waals surface area contributed by atoms with Crippen molar-refractivity contribution in [2.45, 2.75) is 4.90 Å². The number of hydrogen-bond donors (Lipinski definition) is 3. The van der Waals surface area contributed by atoms with Crippen LogP contribution in [0.15, 0.2) is 53.4 Å². The first-order chi connectivity index (χ1) is 9.86. The molecule has 0 aliphatic carbocycles. The molecule has 6 nitrogen and oxygen atoms in total. The third-order valence-corrected chi connectivity index (χ3v) is 4.30. The van der Waals surface area contributed by atoms with Gasteiger partial charge in [0.2, 0.25) is 0 Å². The van der Waals surface area contributed by atoms with E-state index >= 15 is 0 Å². The second-order valence-electron chi connectivity index (χ2n) is 4.06. The van der Waals surface area contributed by atoms with Crippen LogP contribution in [0.1, 0.15) is 0 Å². The lowest BCUT2D eigenvalue weighted by atomic mass is 10.3. The largest absolute Gasteiger partial charge is 0.323 e. The van der Waals surface area contributed by atoms with E-state index in [0.717, 1.165) is 3.57 Å². The van der Waals surface area contributed by atoms with Crippen LogP contribution < -0.4 is 10.6 Å². The number of anilines is 2. The summed E-state index contributed by atoms with van der Waals surface area (Å²) >= 11 is 2.09. The molecule has 2 aromatic rings. The van der Waals surface area contributed by atoms with Crippen LogP contribution in [-0.2, 0) is 10.1 Å². The molecule has 110 valence electrons. The number of benzene rings is 2. The first kappa shape index (κ1) is 15.7. The average Bonchev–Trinajstić information content (AvgIpc) is 2.41. The lowest BCUT2D eigenvalue weighted by Gasteiger charge is -2.09. The van der Waals surface area contributed by atoms with Gasteiger partial charge >= 0.3 is 6.03 Å². The van der Waals surface area contributed by atoms with Gasteiger partial charge in [0.05, 0.1) is 10.6 Å². The summed E-state index contributed by atoms with van der Waals surface area (Å²) in [6, 6.07) is 12.1. The highest BCUT2D eigenvalue weighted by Gasteiger charge is 2.11. The van der Waals surface area contributed by atoms with E-state index in [2.05, 4.69) is 33.2 Å². The Morgan fingerprint density at radius 1 is 1.05 bits per heavy atom. The zero-order chi connectivity index (χ0) is 15.5. The molecule has 0 heterocycles. The molecule has 21 heavy (non-hydrogen) atoms. The molecular weight excluding hydrogens is 407 g/mol. The Morgan fingerprint density at radius 2 is 1.76 bits per heavy atom. The van der Waals surface area contributed by atoms with Crippen LogP contribution in [-0.4, -0.2) is 19.0 Å². The average molecular weight is 418 g/mol. The van der Waals surface area contributed by atoms with Gasteiger partial charge in [0.1, 0.15) is 0 Å². The van der Waals surface area contributed by atoms with Crippen LogP contribution in [0.3, 0.4) is 0 Å². The molecule has 0 saturated carbocycles. The van der Waals surface area contributed by atoms with Gasteiger partial charge in [-0.3, -0.25) is 4.55 Å². The number of urea groups is 1. The molecule has 0 fully saturated rings. The summed E-state index contributed by atoms with van der Waals surface area (Å²) in [5.74, 6) is 0. The van der Waals surface area contributed by atoms with Crippen LogP contribution >= 0.6 is 22.6 Å². The summed E-state index contributed by atoms with van der Waals surface area (Å²) < 4.78 is 31.9. The predicted octanol–water partition coefficient (Wildman–Crippen LogP) is 3.18. The minimum Gasteiger partial charge on any atom is -0.308 e. The van der Waals surface area contributed by atoms with Crippen LogP contribution in [0.4, 0.5) is 16.2 Å². The highest BCUT2D eigenvalue weighted by Crippen LogP contribution is 2.18. The molecule has 0 aromatic heterocycles. The van der Waals surface area contributed by atoms with Crippen molar-refractivity contribution in [3.05, 3.63) is 52.1 Å². The Balaban J connectivity index is 2.12. The van der Waals surface area contributed by atoms with E-state index in [1.165, 1.54) is 24.3 Å².